The van der Waals surface area contributed by atoms with E-state index in [1.165, 1.54) is 12.1 Å². The highest BCUT2D eigenvalue weighted by atomic mass is 79.9. The van der Waals surface area contributed by atoms with Gasteiger partial charge < -0.3 is 0 Å². The zero-order valence-electron chi connectivity index (χ0n) is 10.3. The van der Waals surface area contributed by atoms with Crippen LogP contribution >= 0.6 is 50.7 Å². The molecule has 1 aromatic carbocycles. The summed E-state index contributed by atoms with van der Waals surface area (Å²) < 4.78 is 27.8. The van der Waals surface area contributed by atoms with E-state index in [9.17, 15) is 8.42 Å². The Labute approximate surface area is 136 Å². The van der Waals surface area contributed by atoms with Crippen molar-refractivity contribution in [2.75, 3.05) is 5.88 Å². The highest BCUT2D eigenvalue weighted by molar-refractivity contribution is 9.10. The molecule has 8 heteroatoms. The normalized spacial score (nSPS) is 12.7. The molecule has 1 rings (SSSR count). The lowest BCUT2D eigenvalue weighted by Gasteiger charge is -2.25. The van der Waals surface area contributed by atoms with E-state index in [1.54, 1.807) is 13.8 Å². The number of benzene rings is 1. The molecule has 0 saturated heterocycles. The molecule has 3 nitrogen and oxygen atoms in total. The second-order valence-corrected chi connectivity index (χ2v) is 8.35. The first-order valence-corrected chi connectivity index (χ1v) is 8.90. The lowest BCUT2D eigenvalue weighted by Crippen LogP contribution is -2.43. The van der Waals surface area contributed by atoms with Crippen molar-refractivity contribution in [2.45, 2.75) is 30.7 Å². The van der Waals surface area contributed by atoms with Crippen molar-refractivity contribution >= 4 is 60.8 Å². The van der Waals surface area contributed by atoms with Crippen LogP contribution in [0.2, 0.25) is 10.0 Å². The molecule has 0 heterocycles. The summed E-state index contributed by atoms with van der Waals surface area (Å²) in [7, 11) is -3.81. The summed E-state index contributed by atoms with van der Waals surface area (Å²) in [6.07, 6.45) is 0.486. The van der Waals surface area contributed by atoms with Crippen molar-refractivity contribution in [1.82, 2.24) is 4.72 Å². The molecule has 19 heavy (non-hydrogen) atoms. The number of hydrogen-bond acceptors (Lipinski definition) is 2. The number of sulfonamides is 1. The third-order valence-electron chi connectivity index (χ3n) is 2.36. The van der Waals surface area contributed by atoms with E-state index in [2.05, 4.69) is 20.7 Å². The van der Waals surface area contributed by atoms with Gasteiger partial charge in [0, 0.05) is 15.9 Å². The standard InChI is InChI=1S/C11H13BrCl3NO2S/c1-11(2,3-4-13)16-19(17,18)10-8(14)5-7(12)6-9(10)15/h5-6,16H,3-4H2,1-2H3. The van der Waals surface area contributed by atoms with Crippen LogP contribution in [-0.4, -0.2) is 19.8 Å². The Bertz CT molecular complexity index is 552. The number of halogens is 4. The first-order chi connectivity index (χ1) is 8.59. The van der Waals surface area contributed by atoms with Crippen molar-refractivity contribution in [3.8, 4) is 0 Å². The summed E-state index contributed by atoms with van der Waals surface area (Å²) in [6, 6.07) is 2.97. The van der Waals surface area contributed by atoms with E-state index in [0.29, 0.717) is 16.8 Å². The van der Waals surface area contributed by atoms with Crippen LogP contribution in [0.3, 0.4) is 0 Å². The van der Waals surface area contributed by atoms with Crippen LogP contribution < -0.4 is 4.72 Å². The maximum atomic E-state index is 12.3. The fraction of sp³-hybridized carbons (Fsp3) is 0.455. The van der Waals surface area contributed by atoms with Gasteiger partial charge in [0.1, 0.15) is 4.90 Å². The third kappa shape index (κ3) is 4.76. The van der Waals surface area contributed by atoms with E-state index in [-0.39, 0.29) is 14.9 Å². The lowest BCUT2D eigenvalue weighted by atomic mass is 10.0. The topological polar surface area (TPSA) is 46.2 Å². The zero-order valence-corrected chi connectivity index (χ0v) is 15.0. The SMILES string of the molecule is CC(C)(CCCl)NS(=O)(=O)c1c(Cl)cc(Br)cc1Cl. The summed E-state index contributed by atoms with van der Waals surface area (Å²) in [6.45, 7) is 3.49. The smallest absolute Gasteiger partial charge is 0.207 e. The molecule has 0 amide bonds. The first-order valence-electron chi connectivity index (χ1n) is 5.33. The molecule has 0 aliphatic carbocycles. The van der Waals surface area contributed by atoms with Gasteiger partial charge in [-0.15, -0.1) is 11.6 Å². The summed E-state index contributed by atoms with van der Waals surface area (Å²) in [5.41, 5.74) is -0.680. The van der Waals surface area contributed by atoms with Crippen molar-refractivity contribution in [1.29, 1.82) is 0 Å². The van der Waals surface area contributed by atoms with Crippen LogP contribution in [-0.2, 0) is 10.0 Å². The fourth-order valence-electron chi connectivity index (χ4n) is 1.49. The molecule has 1 N–H and O–H groups in total. The molecule has 0 aliphatic rings. The van der Waals surface area contributed by atoms with Gasteiger partial charge in [-0.3, -0.25) is 0 Å². The quantitative estimate of drug-likeness (QED) is 0.731. The predicted molar refractivity (Wildman–Crippen MR) is 83.9 cm³/mol. The summed E-state index contributed by atoms with van der Waals surface area (Å²) in [5.74, 6) is 0.345. The fourth-order valence-corrected chi connectivity index (χ4v) is 5.34. The molecule has 0 bridgehead atoms. The Balaban J connectivity index is 3.22. The van der Waals surface area contributed by atoms with E-state index < -0.39 is 15.6 Å². The molecule has 0 radical (unpaired) electrons. The number of nitrogens with one attached hydrogen (secondary N) is 1. The van der Waals surface area contributed by atoms with Crippen molar-refractivity contribution in [2.24, 2.45) is 0 Å². The van der Waals surface area contributed by atoms with Crippen LogP contribution in [0, 0.1) is 0 Å². The summed E-state index contributed by atoms with van der Waals surface area (Å²) in [5, 5.41) is 0.127. The predicted octanol–water partition coefficient (Wildman–Crippen LogP) is 4.44. The molecule has 0 spiro atoms. The average molecular weight is 410 g/mol. The molecule has 0 unspecified atom stereocenters. The highest BCUT2D eigenvalue weighted by Gasteiger charge is 2.29. The minimum atomic E-state index is -3.81. The van der Waals surface area contributed by atoms with Crippen LogP contribution in [0.1, 0.15) is 20.3 Å². The van der Waals surface area contributed by atoms with E-state index >= 15 is 0 Å². The molecule has 0 aliphatic heterocycles. The number of rotatable bonds is 5. The van der Waals surface area contributed by atoms with Gasteiger partial charge in [0.2, 0.25) is 10.0 Å². The van der Waals surface area contributed by atoms with Gasteiger partial charge in [-0.05, 0) is 32.4 Å². The monoisotopic (exact) mass is 407 g/mol. The molecular weight excluding hydrogens is 396 g/mol. The Hall–Kier alpha value is 0.480. The Morgan fingerprint density at radius 3 is 2.16 bits per heavy atom. The first kappa shape index (κ1) is 17.5. The Morgan fingerprint density at radius 2 is 1.74 bits per heavy atom. The van der Waals surface area contributed by atoms with Gasteiger partial charge in [-0.2, -0.15) is 0 Å². The average Bonchev–Trinajstić information content (AvgIpc) is 2.11. The highest BCUT2D eigenvalue weighted by Crippen LogP contribution is 2.33. The van der Waals surface area contributed by atoms with Crippen molar-refractivity contribution in [3.05, 3.63) is 26.7 Å². The molecule has 0 aromatic heterocycles. The van der Waals surface area contributed by atoms with Gasteiger partial charge in [0.15, 0.2) is 0 Å². The largest absolute Gasteiger partial charge is 0.244 e. The minimum absolute atomic E-state index is 0.0635. The van der Waals surface area contributed by atoms with Crippen molar-refractivity contribution in [3.63, 3.8) is 0 Å². The van der Waals surface area contributed by atoms with Crippen molar-refractivity contribution < 1.29 is 8.42 Å². The van der Waals surface area contributed by atoms with Gasteiger partial charge in [-0.25, -0.2) is 13.1 Å². The van der Waals surface area contributed by atoms with E-state index in [0.717, 1.165) is 0 Å². The van der Waals surface area contributed by atoms with Gasteiger partial charge in [0.25, 0.3) is 0 Å². The third-order valence-corrected chi connectivity index (χ3v) is 5.63. The number of hydrogen-bond donors (Lipinski definition) is 1. The van der Waals surface area contributed by atoms with Crippen LogP contribution in [0.25, 0.3) is 0 Å². The molecule has 0 atom stereocenters. The maximum Gasteiger partial charge on any atom is 0.244 e. The van der Waals surface area contributed by atoms with Crippen LogP contribution in [0.5, 0.6) is 0 Å². The lowest BCUT2D eigenvalue weighted by molar-refractivity contribution is 0.441. The van der Waals surface area contributed by atoms with Crippen LogP contribution in [0.4, 0.5) is 0 Å². The van der Waals surface area contributed by atoms with Gasteiger partial charge in [0.05, 0.1) is 10.0 Å². The summed E-state index contributed by atoms with van der Waals surface area (Å²) in [4.78, 5) is -0.123. The molecule has 0 saturated carbocycles. The van der Waals surface area contributed by atoms with Gasteiger partial charge in [-0.1, -0.05) is 39.1 Å². The molecule has 0 fully saturated rings. The van der Waals surface area contributed by atoms with E-state index in [4.69, 9.17) is 34.8 Å². The molecule has 108 valence electrons. The molecule has 1 aromatic rings. The van der Waals surface area contributed by atoms with Crippen LogP contribution in [0.15, 0.2) is 21.5 Å². The van der Waals surface area contributed by atoms with E-state index in [1.807, 2.05) is 0 Å². The summed E-state index contributed by atoms with van der Waals surface area (Å²) >= 11 is 20.8. The Morgan fingerprint density at radius 1 is 1.26 bits per heavy atom. The minimum Gasteiger partial charge on any atom is -0.207 e. The Kier molecular flexibility index (Phi) is 6.00. The number of alkyl halides is 1. The van der Waals surface area contributed by atoms with Gasteiger partial charge >= 0.3 is 0 Å². The second kappa shape index (κ2) is 6.50. The second-order valence-electron chi connectivity index (χ2n) is 4.63. The molecular formula is C11H13BrCl3NO2S. The maximum absolute atomic E-state index is 12.3. The zero-order chi connectivity index (χ0) is 14.8.